The molecular weight excluding hydrogens is 300 g/mol. The first-order chi connectivity index (χ1) is 11.0. The fraction of sp³-hybridized carbons (Fsp3) is 0.400. The molecule has 8 heteroatoms. The van der Waals surface area contributed by atoms with Crippen LogP contribution in [0.2, 0.25) is 0 Å². The Bertz CT molecular complexity index is 562. The van der Waals surface area contributed by atoms with E-state index in [1.54, 1.807) is 43.7 Å². The fourth-order valence-electron chi connectivity index (χ4n) is 1.79. The number of hydrogen-bond donors (Lipinski definition) is 3. The van der Waals surface area contributed by atoms with Crippen LogP contribution in [0.4, 0.5) is 5.69 Å². The van der Waals surface area contributed by atoms with E-state index in [0.717, 1.165) is 0 Å². The molecule has 4 N–H and O–H groups in total. The van der Waals surface area contributed by atoms with Gasteiger partial charge in [0.05, 0.1) is 13.7 Å². The third-order valence-corrected chi connectivity index (χ3v) is 3.09. The summed E-state index contributed by atoms with van der Waals surface area (Å²) < 4.78 is 5.08. The number of amides is 3. The van der Waals surface area contributed by atoms with Gasteiger partial charge in [0.2, 0.25) is 5.91 Å². The Kier molecular flexibility index (Phi) is 7.55. The molecule has 0 heterocycles. The number of likely N-dealkylation sites (N-methyl/N-ethyl adjacent to an activating group) is 2. The highest BCUT2D eigenvalue weighted by Gasteiger charge is 2.15. The van der Waals surface area contributed by atoms with E-state index in [1.165, 1.54) is 11.9 Å². The normalized spacial score (nSPS) is 9.87. The highest BCUT2D eigenvalue weighted by Crippen LogP contribution is 2.16. The van der Waals surface area contributed by atoms with Gasteiger partial charge in [0.1, 0.15) is 5.75 Å². The quantitative estimate of drug-likeness (QED) is 0.536. The summed E-state index contributed by atoms with van der Waals surface area (Å²) >= 11 is 0. The molecule has 0 spiro atoms. The number of nitrogens with zero attached hydrogens (tertiary/aromatic N) is 1. The number of carbonyl (C=O) groups excluding carboxylic acids is 3. The van der Waals surface area contributed by atoms with Crippen LogP contribution in [0, 0.1) is 0 Å². The van der Waals surface area contributed by atoms with Crippen LogP contribution in [0.3, 0.4) is 0 Å². The van der Waals surface area contributed by atoms with Crippen molar-refractivity contribution in [2.45, 2.75) is 0 Å². The average Bonchev–Trinajstić information content (AvgIpc) is 2.54. The van der Waals surface area contributed by atoms with Crippen LogP contribution >= 0.6 is 0 Å². The molecule has 3 amide bonds. The topological polar surface area (TPSA) is 104 Å². The van der Waals surface area contributed by atoms with E-state index in [9.17, 15) is 14.4 Å². The summed E-state index contributed by atoms with van der Waals surface area (Å²) in [4.78, 5) is 36.2. The van der Waals surface area contributed by atoms with Crippen molar-refractivity contribution in [3.05, 3.63) is 24.3 Å². The van der Waals surface area contributed by atoms with Gasteiger partial charge in [-0.05, 0) is 12.1 Å². The lowest BCUT2D eigenvalue weighted by molar-refractivity contribution is -0.633. The average molecular weight is 323 g/mol. The number of hydrogen-bond acceptors (Lipinski definition) is 4. The largest absolute Gasteiger partial charge is 0.497 e. The molecule has 0 radical (unpaired) electrons. The molecule has 1 aromatic rings. The highest BCUT2D eigenvalue weighted by molar-refractivity contribution is 5.94. The van der Waals surface area contributed by atoms with E-state index in [-0.39, 0.29) is 37.4 Å². The van der Waals surface area contributed by atoms with Gasteiger partial charge in [0.15, 0.2) is 13.1 Å². The molecule has 0 bridgehead atoms. The lowest BCUT2D eigenvalue weighted by Gasteiger charge is -2.16. The summed E-state index contributed by atoms with van der Waals surface area (Å²) in [6, 6.07) is 6.96. The number of nitrogens with two attached hydrogens (primary N) is 1. The van der Waals surface area contributed by atoms with Crippen molar-refractivity contribution >= 4 is 23.4 Å². The van der Waals surface area contributed by atoms with Crippen molar-refractivity contribution in [3.63, 3.8) is 0 Å². The molecule has 126 valence electrons. The third kappa shape index (κ3) is 6.79. The second kappa shape index (κ2) is 9.42. The Hall–Kier alpha value is -2.61. The number of anilines is 1. The van der Waals surface area contributed by atoms with Crippen LogP contribution in [-0.4, -0.2) is 63.5 Å². The third-order valence-electron chi connectivity index (χ3n) is 3.09. The van der Waals surface area contributed by atoms with Gasteiger partial charge < -0.3 is 25.6 Å². The van der Waals surface area contributed by atoms with E-state index >= 15 is 0 Å². The van der Waals surface area contributed by atoms with E-state index < -0.39 is 0 Å². The maximum absolute atomic E-state index is 11.9. The maximum Gasteiger partial charge on any atom is 0.277 e. The highest BCUT2D eigenvalue weighted by atomic mass is 16.5. The summed E-state index contributed by atoms with van der Waals surface area (Å²) in [6.07, 6.45) is 0. The molecule has 8 nitrogen and oxygen atoms in total. The zero-order chi connectivity index (χ0) is 17.2. The van der Waals surface area contributed by atoms with Crippen LogP contribution in [0.5, 0.6) is 5.75 Å². The predicted molar refractivity (Wildman–Crippen MR) is 85.0 cm³/mol. The lowest BCUT2D eigenvalue weighted by atomic mass is 10.3. The molecule has 0 aliphatic heterocycles. The van der Waals surface area contributed by atoms with Gasteiger partial charge >= 0.3 is 0 Å². The Labute approximate surface area is 135 Å². The molecule has 23 heavy (non-hydrogen) atoms. The zero-order valence-corrected chi connectivity index (χ0v) is 13.6. The number of ether oxygens (including phenoxy) is 1. The van der Waals surface area contributed by atoms with Crippen LogP contribution in [0.15, 0.2) is 24.3 Å². The number of methoxy groups -OCH3 is 1. The molecule has 0 unspecified atom stereocenters. The molecule has 0 aliphatic rings. The van der Waals surface area contributed by atoms with Crippen molar-refractivity contribution in [1.82, 2.24) is 10.2 Å². The number of carbonyl (C=O) groups is 3. The first-order valence-electron chi connectivity index (χ1n) is 7.16. The fourth-order valence-corrected chi connectivity index (χ4v) is 1.79. The van der Waals surface area contributed by atoms with Crippen molar-refractivity contribution < 1.29 is 24.4 Å². The molecule has 0 atom stereocenters. The summed E-state index contributed by atoms with van der Waals surface area (Å²) in [5.41, 5.74) is 0.598. The molecule has 0 saturated heterocycles. The molecule has 0 saturated carbocycles. The van der Waals surface area contributed by atoms with E-state index in [4.69, 9.17) is 4.74 Å². The zero-order valence-electron chi connectivity index (χ0n) is 13.6. The Morgan fingerprint density at radius 2 is 1.96 bits per heavy atom. The number of quaternary nitrogens is 1. The minimum atomic E-state index is -0.305. The number of benzene rings is 1. The number of nitrogens with one attached hydrogen (secondary N) is 2. The summed E-state index contributed by atoms with van der Waals surface area (Å²) in [5, 5.41) is 6.75. The van der Waals surface area contributed by atoms with Crippen molar-refractivity contribution in [2.75, 3.05) is 46.2 Å². The van der Waals surface area contributed by atoms with Crippen molar-refractivity contribution in [2.24, 2.45) is 0 Å². The second-order valence-corrected chi connectivity index (χ2v) is 4.90. The Balaban J connectivity index is 2.40. The summed E-state index contributed by atoms with van der Waals surface area (Å²) in [5.74, 6) is -0.0534. The number of rotatable bonds is 8. The molecular formula is C15H23N4O4+. The predicted octanol–water partition coefficient (Wildman–Crippen LogP) is -1.60. The van der Waals surface area contributed by atoms with Gasteiger partial charge in [0.25, 0.3) is 11.8 Å². The van der Waals surface area contributed by atoms with Gasteiger partial charge in [-0.15, -0.1) is 0 Å². The van der Waals surface area contributed by atoms with Gasteiger partial charge in [0, 0.05) is 25.8 Å². The second-order valence-electron chi connectivity index (χ2n) is 4.90. The van der Waals surface area contributed by atoms with E-state index in [0.29, 0.717) is 11.4 Å². The molecule has 0 aliphatic carbocycles. The van der Waals surface area contributed by atoms with Crippen LogP contribution in [0.25, 0.3) is 0 Å². The Morgan fingerprint density at radius 3 is 2.61 bits per heavy atom. The van der Waals surface area contributed by atoms with Crippen LogP contribution < -0.4 is 20.7 Å². The van der Waals surface area contributed by atoms with Crippen LogP contribution in [0.1, 0.15) is 0 Å². The first kappa shape index (κ1) is 18.4. The summed E-state index contributed by atoms with van der Waals surface area (Å²) in [6.45, 7) is 0.215. The maximum atomic E-state index is 11.9. The summed E-state index contributed by atoms with van der Waals surface area (Å²) in [7, 11) is 4.62. The molecule has 1 aromatic carbocycles. The lowest BCUT2D eigenvalue weighted by Crippen LogP contribution is -2.88. The minimum absolute atomic E-state index is 0.0656. The van der Waals surface area contributed by atoms with Gasteiger partial charge in [-0.25, -0.2) is 0 Å². The van der Waals surface area contributed by atoms with Crippen molar-refractivity contribution in [1.29, 1.82) is 0 Å². The Morgan fingerprint density at radius 1 is 1.22 bits per heavy atom. The van der Waals surface area contributed by atoms with E-state index in [1.807, 2.05) is 0 Å². The van der Waals surface area contributed by atoms with E-state index in [2.05, 4.69) is 10.6 Å². The van der Waals surface area contributed by atoms with Gasteiger partial charge in [-0.2, -0.15) is 0 Å². The first-order valence-corrected chi connectivity index (χ1v) is 7.16. The monoisotopic (exact) mass is 323 g/mol. The van der Waals surface area contributed by atoms with Gasteiger partial charge in [-0.3, -0.25) is 14.4 Å². The molecule has 1 rings (SSSR count). The minimum Gasteiger partial charge on any atom is -0.497 e. The van der Waals surface area contributed by atoms with Crippen molar-refractivity contribution in [3.8, 4) is 5.75 Å². The van der Waals surface area contributed by atoms with Gasteiger partial charge in [-0.1, -0.05) is 6.07 Å². The molecule has 0 fully saturated rings. The smallest absolute Gasteiger partial charge is 0.277 e. The SMILES string of the molecule is CNC(=O)C[NH2+]CC(=O)N(C)CC(=O)Nc1cccc(OC)c1. The van der Waals surface area contributed by atoms with Crippen LogP contribution in [-0.2, 0) is 14.4 Å². The molecule has 0 aromatic heterocycles. The standard InChI is InChI=1S/C15H22N4O4/c1-16-13(20)8-17-9-15(22)19(2)10-14(21)18-11-5-4-6-12(7-11)23-3/h4-7,17H,8-10H2,1-3H3,(H,16,20)(H,18,21)/p+1.